The summed E-state index contributed by atoms with van der Waals surface area (Å²) in [5.74, 6) is 0.0961. The lowest BCUT2D eigenvalue weighted by Gasteiger charge is -2.05. The van der Waals surface area contributed by atoms with E-state index in [0.717, 1.165) is 16.3 Å². The van der Waals surface area contributed by atoms with E-state index in [4.69, 9.17) is 10.5 Å². The molecule has 3 nitrogen and oxygen atoms in total. The highest BCUT2D eigenvalue weighted by Crippen LogP contribution is 2.38. The summed E-state index contributed by atoms with van der Waals surface area (Å²) in [6.45, 7) is 0. The van der Waals surface area contributed by atoms with Crippen molar-refractivity contribution in [1.82, 2.24) is 0 Å². The molecule has 0 fully saturated rings. The van der Waals surface area contributed by atoms with E-state index in [2.05, 4.69) is 0 Å². The fourth-order valence-electron chi connectivity index (χ4n) is 2.32. The number of aliphatic hydroxyl groups is 1. The zero-order valence-corrected chi connectivity index (χ0v) is 9.88. The van der Waals surface area contributed by atoms with Crippen LogP contribution in [0, 0.1) is 22.7 Å². The van der Waals surface area contributed by atoms with E-state index in [1.54, 1.807) is 0 Å². The molecular weight excluding hydrogens is 236 g/mol. The lowest BCUT2D eigenvalue weighted by Crippen LogP contribution is -1.87. The maximum Gasteiger partial charge on any atom is 0.137 e. The third-order valence-corrected chi connectivity index (χ3v) is 3.23. The summed E-state index contributed by atoms with van der Waals surface area (Å²) in [4.78, 5) is 0. The van der Waals surface area contributed by atoms with Crippen LogP contribution in [0.4, 0.5) is 0 Å². The van der Waals surface area contributed by atoms with Crippen molar-refractivity contribution in [2.45, 2.75) is 0 Å². The molecule has 2 aromatic rings. The van der Waals surface area contributed by atoms with Crippen LogP contribution in [0.25, 0.3) is 22.1 Å². The van der Waals surface area contributed by atoms with Crippen LogP contribution in [0.2, 0.25) is 0 Å². The third-order valence-electron chi connectivity index (χ3n) is 3.23. The molecule has 19 heavy (non-hydrogen) atoms. The second-order valence-electron chi connectivity index (χ2n) is 4.29. The van der Waals surface area contributed by atoms with Crippen LogP contribution in [-0.4, -0.2) is 5.11 Å². The van der Waals surface area contributed by atoms with Crippen molar-refractivity contribution in [3.63, 3.8) is 0 Å². The molecule has 0 radical (unpaired) electrons. The molecule has 2 aromatic carbocycles. The first-order valence-corrected chi connectivity index (χ1v) is 5.73. The number of allylic oxidation sites excluding steroid dienone is 3. The van der Waals surface area contributed by atoms with Crippen LogP contribution in [0.5, 0.6) is 0 Å². The first kappa shape index (κ1) is 11.1. The Kier molecular flexibility index (Phi) is 2.34. The second-order valence-corrected chi connectivity index (χ2v) is 4.29. The minimum absolute atomic E-state index is 0.0144. The fraction of sp³-hybridized carbons (Fsp3) is 0. The van der Waals surface area contributed by atoms with Crippen molar-refractivity contribution in [1.29, 1.82) is 10.5 Å². The van der Waals surface area contributed by atoms with Gasteiger partial charge in [-0.25, -0.2) is 0 Å². The van der Waals surface area contributed by atoms with E-state index in [1.165, 1.54) is 6.08 Å². The van der Waals surface area contributed by atoms with Gasteiger partial charge < -0.3 is 5.11 Å². The van der Waals surface area contributed by atoms with Crippen molar-refractivity contribution < 1.29 is 5.11 Å². The molecule has 1 N–H and O–H groups in total. The molecule has 0 spiro atoms. The SMILES string of the molecule is N#CC(C#N)=C1C=C(O)c2cc3ccccc3cc21. The lowest BCUT2D eigenvalue weighted by molar-refractivity contribution is 0.514. The molecular formula is C16H8N2O. The first-order valence-electron chi connectivity index (χ1n) is 5.73. The van der Waals surface area contributed by atoms with Gasteiger partial charge in [0.05, 0.1) is 0 Å². The number of hydrogen-bond acceptors (Lipinski definition) is 3. The molecule has 88 valence electrons. The highest BCUT2D eigenvalue weighted by atomic mass is 16.3. The Hall–Kier alpha value is -3.04. The normalized spacial score (nSPS) is 12.5. The van der Waals surface area contributed by atoms with Crippen LogP contribution in [-0.2, 0) is 0 Å². The number of aliphatic hydroxyl groups excluding tert-OH is 1. The average Bonchev–Trinajstić information content (AvgIpc) is 2.75. The fourth-order valence-corrected chi connectivity index (χ4v) is 2.32. The van der Waals surface area contributed by atoms with Crippen molar-refractivity contribution >= 4 is 22.1 Å². The molecule has 0 amide bonds. The van der Waals surface area contributed by atoms with E-state index < -0.39 is 0 Å². The lowest BCUT2D eigenvalue weighted by atomic mass is 9.98. The number of nitriles is 2. The van der Waals surface area contributed by atoms with Gasteiger partial charge in [-0.15, -0.1) is 0 Å². The number of rotatable bonds is 0. The minimum Gasteiger partial charge on any atom is -0.507 e. The number of fused-ring (bicyclic) bond motifs is 2. The smallest absolute Gasteiger partial charge is 0.137 e. The van der Waals surface area contributed by atoms with Crippen molar-refractivity contribution in [3.8, 4) is 12.1 Å². The van der Waals surface area contributed by atoms with Gasteiger partial charge in [0.15, 0.2) is 0 Å². The molecule has 3 heteroatoms. The number of hydrogen-bond donors (Lipinski definition) is 1. The summed E-state index contributed by atoms with van der Waals surface area (Å²) in [6.07, 6.45) is 1.48. The standard InChI is InChI=1S/C16H8N2O/c17-8-12(9-18)13-7-16(19)15-6-11-4-2-1-3-10(11)5-14(13)15/h1-7,19H. The zero-order chi connectivity index (χ0) is 13.4. The monoisotopic (exact) mass is 244 g/mol. The van der Waals surface area contributed by atoms with Crippen molar-refractivity contribution in [2.75, 3.05) is 0 Å². The molecule has 0 saturated carbocycles. The van der Waals surface area contributed by atoms with E-state index >= 15 is 0 Å². The Bertz CT molecular complexity index is 829. The molecule has 1 aliphatic rings. The summed E-state index contributed by atoms with van der Waals surface area (Å²) in [6, 6.07) is 15.3. The van der Waals surface area contributed by atoms with Crippen molar-refractivity contribution in [3.05, 3.63) is 59.2 Å². The van der Waals surface area contributed by atoms with Gasteiger partial charge in [0.2, 0.25) is 0 Å². The van der Waals surface area contributed by atoms with Crippen LogP contribution in [0.1, 0.15) is 11.1 Å². The Labute approximate surface area is 109 Å². The van der Waals surface area contributed by atoms with Crippen LogP contribution < -0.4 is 0 Å². The molecule has 3 rings (SSSR count). The molecule has 0 aromatic heterocycles. The van der Waals surface area contributed by atoms with Crippen LogP contribution >= 0.6 is 0 Å². The second kappa shape index (κ2) is 4.01. The zero-order valence-electron chi connectivity index (χ0n) is 9.88. The van der Waals surface area contributed by atoms with E-state index in [-0.39, 0.29) is 11.3 Å². The maximum absolute atomic E-state index is 9.96. The van der Waals surface area contributed by atoms with Gasteiger partial charge in [0.1, 0.15) is 23.5 Å². The Morgan fingerprint density at radius 3 is 2.11 bits per heavy atom. The summed E-state index contributed by atoms with van der Waals surface area (Å²) in [5.41, 5.74) is 1.90. The van der Waals surface area contributed by atoms with Gasteiger partial charge in [-0.2, -0.15) is 10.5 Å². The van der Waals surface area contributed by atoms with Crippen LogP contribution in [0.3, 0.4) is 0 Å². The quantitative estimate of drug-likeness (QED) is 0.720. The highest BCUT2D eigenvalue weighted by Gasteiger charge is 2.21. The topological polar surface area (TPSA) is 67.8 Å². The van der Waals surface area contributed by atoms with E-state index in [0.29, 0.717) is 11.1 Å². The summed E-state index contributed by atoms with van der Waals surface area (Å²) >= 11 is 0. The highest BCUT2D eigenvalue weighted by molar-refractivity contribution is 6.01. The van der Waals surface area contributed by atoms with E-state index in [9.17, 15) is 5.11 Å². The van der Waals surface area contributed by atoms with Gasteiger partial charge in [-0.1, -0.05) is 24.3 Å². The Morgan fingerprint density at radius 2 is 1.53 bits per heavy atom. The van der Waals surface area contributed by atoms with E-state index in [1.807, 2.05) is 48.5 Å². The molecule has 0 saturated heterocycles. The summed E-state index contributed by atoms with van der Waals surface area (Å²) in [7, 11) is 0. The third kappa shape index (κ3) is 1.57. The van der Waals surface area contributed by atoms with Gasteiger partial charge in [0, 0.05) is 11.1 Å². The van der Waals surface area contributed by atoms with Gasteiger partial charge in [-0.05, 0) is 34.5 Å². The predicted octanol–water partition coefficient (Wildman–Crippen LogP) is 3.55. The molecule has 0 atom stereocenters. The van der Waals surface area contributed by atoms with Gasteiger partial charge >= 0.3 is 0 Å². The number of nitrogens with zero attached hydrogens (tertiary/aromatic N) is 2. The summed E-state index contributed by atoms with van der Waals surface area (Å²) in [5, 5.41) is 29.9. The molecule has 0 bridgehead atoms. The predicted molar refractivity (Wildman–Crippen MR) is 72.7 cm³/mol. The Morgan fingerprint density at radius 1 is 0.947 bits per heavy atom. The molecule has 0 aliphatic heterocycles. The molecule has 1 aliphatic carbocycles. The molecule has 0 unspecified atom stereocenters. The maximum atomic E-state index is 9.96. The van der Waals surface area contributed by atoms with Crippen LogP contribution in [0.15, 0.2) is 48.0 Å². The van der Waals surface area contributed by atoms with Crippen molar-refractivity contribution in [2.24, 2.45) is 0 Å². The van der Waals surface area contributed by atoms with Gasteiger partial charge in [0.25, 0.3) is 0 Å². The largest absolute Gasteiger partial charge is 0.507 e. The number of benzene rings is 2. The van der Waals surface area contributed by atoms with Gasteiger partial charge in [-0.3, -0.25) is 0 Å². The minimum atomic E-state index is 0.0144. The molecule has 0 heterocycles. The average molecular weight is 244 g/mol. The summed E-state index contributed by atoms with van der Waals surface area (Å²) < 4.78 is 0. The first-order chi connectivity index (χ1) is 9.24. The Balaban J connectivity index is 2.39.